The summed E-state index contributed by atoms with van der Waals surface area (Å²) in [6.07, 6.45) is 0.890. The van der Waals surface area contributed by atoms with Gasteiger partial charge in [-0.05, 0) is 12.8 Å². The number of aromatic hydroxyl groups is 1. The van der Waals surface area contributed by atoms with Gasteiger partial charge in [0.1, 0.15) is 5.82 Å². The molecule has 0 saturated heterocycles. The van der Waals surface area contributed by atoms with Crippen molar-refractivity contribution >= 4 is 0 Å². The Labute approximate surface area is 66.5 Å². The van der Waals surface area contributed by atoms with Crippen molar-refractivity contribution in [3.8, 4) is 5.88 Å². The minimum Gasteiger partial charge on any atom is -0.492 e. The second-order valence-electron chi connectivity index (χ2n) is 3.23. The number of imidazole rings is 1. The van der Waals surface area contributed by atoms with Gasteiger partial charge in [0.25, 0.3) is 0 Å². The molecule has 0 aliphatic heterocycles. The topological polar surface area (TPSA) is 48.9 Å². The van der Waals surface area contributed by atoms with E-state index in [0.29, 0.717) is 5.92 Å². The fraction of sp³-hybridized carbons (Fsp3) is 0.625. The molecule has 0 amide bonds. The quantitative estimate of drug-likeness (QED) is 0.680. The van der Waals surface area contributed by atoms with Crippen molar-refractivity contribution in [3.63, 3.8) is 0 Å². The smallest absolute Gasteiger partial charge is 0.232 e. The van der Waals surface area contributed by atoms with Gasteiger partial charge in [0.2, 0.25) is 5.88 Å². The van der Waals surface area contributed by atoms with E-state index in [2.05, 4.69) is 23.8 Å². The number of hydrogen-bond acceptors (Lipinski definition) is 2. The van der Waals surface area contributed by atoms with Crippen LogP contribution in [0.5, 0.6) is 5.88 Å². The average Bonchev–Trinajstić information content (AvgIpc) is 2.10. The molecule has 1 aromatic heterocycles. The van der Waals surface area contributed by atoms with Crippen LogP contribution >= 0.6 is 0 Å². The molecule has 1 heterocycles. The number of aryl methyl sites for hydroxylation is 1. The summed E-state index contributed by atoms with van der Waals surface area (Å²) in [7, 11) is 0. The first-order chi connectivity index (χ1) is 5.09. The highest BCUT2D eigenvalue weighted by Gasteiger charge is 2.05. The molecular formula is C8H14N2O. The van der Waals surface area contributed by atoms with Gasteiger partial charge >= 0.3 is 0 Å². The molecule has 3 heteroatoms. The van der Waals surface area contributed by atoms with E-state index in [1.54, 1.807) is 0 Å². The van der Waals surface area contributed by atoms with Crippen molar-refractivity contribution in [2.75, 3.05) is 0 Å². The fourth-order valence-electron chi connectivity index (χ4n) is 0.995. The summed E-state index contributed by atoms with van der Waals surface area (Å²) >= 11 is 0. The molecule has 0 bridgehead atoms. The Hall–Kier alpha value is -0.990. The van der Waals surface area contributed by atoms with Gasteiger partial charge in [-0.1, -0.05) is 13.8 Å². The molecule has 0 atom stereocenters. The average molecular weight is 154 g/mol. The number of nitrogens with zero attached hydrogens (tertiary/aromatic N) is 1. The summed E-state index contributed by atoms with van der Waals surface area (Å²) in [6, 6.07) is 0. The van der Waals surface area contributed by atoms with Crippen molar-refractivity contribution in [1.82, 2.24) is 9.97 Å². The molecule has 1 rings (SSSR count). The zero-order valence-corrected chi connectivity index (χ0v) is 7.18. The molecule has 0 spiro atoms. The lowest BCUT2D eigenvalue weighted by atomic mass is 10.1. The van der Waals surface area contributed by atoms with Crippen LogP contribution in [0.25, 0.3) is 0 Å². The number of aromatic nitrogens is 2. The Kier molecular flexibility index (Phi) is 2.17. The normalized spacial score (nSPS) is 10.9. The maximum atomic E-state index is 9.11. The lowest BCUT2D eigenvalue weighted by Crippen LogP contribution is -1.95. The molecule has 2 N–H and O–H groups in total. The fourth-order valence-corrected chi connectivity index (χ4v) is 0.995. The van der Waals surface area contributed by atoms with E-state index in [0.717, 1.165) is 17.9 Å². The van der Waals surface area contributed by atoms with Crippen LogP contribution in [0.2, 0.25) is 0 Å². The van der Waals surface area contributed by atoms with E-state index in [1.807, 2.05) is 6.92 Å². The van der Waals surface area contributed by atoms with Crippen molar-refractivity contribution in [2.24, 2.45) is 5.92 Å². The van der Waals surface area contributed by atoms with Crippen LogP contribution in [-0.4, -0.2) is 15.1 Å². The molecule has 11 heavy (non-hydrogen) atoms. The predicted molar refractivity (Wildman–Crippen MR) is 43.5 cm³/mol. The molecule has 1 aromatic rings. The maximum Gasteiger partial charge on any atom is 0.232 e. The third-order valence-corrected chi connectivity index (χ3v) is 1.51. The van der Waals surface area contributed by atoms with Crippen LogP contribution in [0.15, 0.2) is 0 Å². The van der Waals surface area contributed by atoms with E-state index in [1.165, 1.54) is 0 Å². The number of rotatable bonds is 2. The zero-order chi connectivity index (χ0) is 8.43. The minimum atomic E-state index is 0.126. The highest BCUT2D eigenvalue weighted by atomic mass is 16.3. The largest absolute Gasteiger partial charge is 0.492 e. The van der Waals surface area contributed by atoms with E-state index < -0.39 is 0 Å². The molecule has 0 radical (unpaired) electrons. The van der Waals surface area contributed by atoms with Crippen LogP contribution in [0.4, 0.5) is 0 Å². The van der Waals surface area contributed by atoms with Crippen LogP contribution in [-0.2, 0) is 6.42 Å². The summed E-state index contributed by atoms with van der Waals surface area (Å²) in [5.41, 5.74) is 0.751. The van der Waals surface area contributed by atoms with Crippen molar-refractivity contribution in [3.05, 3.63) is 11.5 Å². The third kappa shape index (κ3) is 1.97. The van der Waals surface area contributed by atoms with Crippen molar-refractivity contribution < 1.29 is 5.11 Å². The minimum absolute atomic E-state index is 0.126. The van der Waals surface area contributed by atoms with Gasteiger partial charge in [-0.2, -0.15) is 4.98 Å². The Morgan fingerprint density at radius 1 is 1.55 bits per heavy atom. The van der Waals surface area contributed by atoms with Gasteiger partial charge in [-0.25, -0.2) is 0 Å². The molecular weight excluding hydrogens is 140 g/mol. The highest BCUT2D eigenvalue weighted by Crippen LogP contribution is 2.13. The van der Waals surface area contributed by atoms with E-state index in [9.17, 15) is 0 Å². The van der Waals surface area contributed by atoms with Crippen LogP contribution < -0.4 is 0 Å². The van der Waals surface area contributed by atoms with Crippen LogP contribution in [0, 0.1) is 12.8 Å². The SMILES string of the molecule is Cc1[nH]c(CC(C)C)nc1O. The first-order valence-corrected chi connectivity index (χ1v) is 3.84. The first kappa shape index (κ1) is 8.11. The molecule has 0 aliphatic carbocycles. The lowest BCUT2D eigenvalue weighted by molar-refractivity contribution is 0.450. The summed E-state index contributed by atoms with van der Waals surface area (Å²) in [5, 5.41) is 9.11. The zero-order valence-electron chi connectivity index (χ0n) is 7.18. The summed E-state index contributed by atoms with van der Waals surface area (Å²) in [4.78, 5) is 6.96. The Balaban J connectivity index is 2.73. The molecule has 0 aliphatic rings. The van der Waals surface area contributed by atoms with Crippen LogP contribution in [0.3, 0.4) is 0 Å². The van der Waals surface area contributed by atoms with E-state index in [4.69, 9.17) is 5.11 Å². The van der Waals surface area contributed by atoms with Gasteiger partial charge in [0, 0.05) is 6.42 Å². The number of nitrogens with one attached hydrogen (secondary N) is 1. The summed E-state index contributed by atoms with van der Waals surface area (Å²) in [5.74, 6) is 1.57. The predicted octanol–water partition coefficient (Wildman–Crippen LogP) is 1.62. The standard InChI is InChI=1S/C8H14N2O/c1-5(2)4-7-9-6(3)8(11)10-7/h5,11H,4H2,1-3H3,(H,9,10). The van der Waals surface area contributed by atoms with Gasteiger partial charge in [0.15, 0.2) is 0 Å². The third-order valence-electron chi connectivity index (χ3n) is 1.51. The molecule has 3 nitrogen and oxygen atoms in total. The van der Waals surface area contributed by atoms with Gasteiger partial charge in [-0.3, -0.25) is 0 Å². The lowest BCUT2D eigenvalue weighted by Gasteiger charge is -1.98. The van der Waals surface area contributed by atoms with Crippen molar-refractivity contribution in [1.29, 1.82) is 0 Å². The van der Waals surface area contributed by atoms with E-state index >= 15 is 0 Å². The van der Waals surface area contributed by atoms with Gasteiger partial charge < -0.3 is 10.1 Å². The van der Waals surface area contributed by atoms with Crippen LogP contribution in [0.1, 0.15) is 25.4 Å². The molecule has 0 unspecified atom stereocenters. The van der Waals surface area contributed by atoms with Crippen molar-refractivity contribution in [2.45, 2.75) is 27.2 Å². The summed E-state index contributed by atoms with van der Waals surface area (Å²) < 4.78 is 0. The Morgan fingerprint density at radius 2 is 2.18 bits per heavy atom. The Bertz CT molecular complexity index is 221. The first-order valence-electron chi connectivity index (χ1n) is 3.84. The van der Waals surface area contributed by atoms with E-state index in [-0.39, 0.29) is 5.88 Å². The Morgan fingerprint density at radius 3 is 2.55 bits per heavy atom. The molecule has 0 saturated carbocycles. The maximum absolute atomic E-state index is 9.11. The van der Waals surface area contributed by atoms with Gasteiger partial charge in [0.05, 0.1) is 5.69 Å². The monoisotopic (exact) mass is 154 g/mol. The second kappa shape index (κ2) is 2.95. The number of hydrogen-bond donors (Lipinski definition) is 2. The van der Waals surface area contributed by atoms with Gasteiger partial charge in [-0.15, -0.1) is 0 Å². The molecule has 0 fully saturated rings. The summed E-state index contributed by atoms with van der Waals surface area (Å²) in [6.45, 7) is 6.05. The highest BCUT2D eigenvalue weighted by molar-refractivity contribution is 5.17. The molecule has 0 aromatic carbocycles. The molecule has 62 valence electrons. The second-order valence-corrected chi connectivity index (χ2v) is 3.23. The number of H-pyrrole nitrogens is 1. The number of aromatic amines is 1.